The van der Waals surface area contributed by atoms with Crippen LogP contribution in [0.15, 0.2) is 41.8 Å². The number of nitrogens with one attached hydrogen (secondary N) is 2. The zero-order valence-corrected chi connectivity index (χ0v) is 15.5. The lowest BCUT2D eigenvalue weighted by Crippen LogP contribution is -2.40. The monoisotopic (exact) mass is 365 g/mol. The molecule has 2 rings (SSSR count). The molecule has 2 aromatic rings. The number of sulfonamides is 1. The van der Waals surface area contributed by atoms with E-state index in [1.54, 1.807) is 31.8 Å². The molecule has 2 N–H and O–H groups in total. The van der Waals surface area contributed by atoms with Gasteiger partial charge in [-0.15, -0.1) is 0 Å². The third-order valence-electron chi connectivity index (χ3n) is 3.17. The number of hydrogen-bond acceptors (Lipinski definition) is 5. The highest BCUT2D eigenvalue weighted by Crippen LogP contribution is 2.14. The largest absolute Gasteiger partial charge is 0.348 e. The first-order chi connectivity index (χ1) is 11.6. The first-order valence-electron chi connectivity index (χ1n) is 7.84. The third-order valence-corrected chi connectivity index (χ3v) is 4.95. The maximum Gasteiger partial charge on any atom is 0.251 e. The summed E-state index contributed by atoms with van der Waals surface area (Å²) in [4.78, 5) is 16.2. The first-order valence-corrected chi connectivity index (χ1v) is 9.32. The van der Waals surface area contributed by atoms with Crippen LogP contribution < -0.4 is 10.0 Å². The van der Waals surface area contributed by atoms with Crippen LogP contribution in [0.5, 0.6) is 0 Å². The Kier molecular flexibility index (Phi) is 5.58. The van der Waals surface area contributed by atoms with Gasteiger partial charge in [-0.1, -0.05) is 0 Å². The highest BCUT2D eigenvalue weighted by Gasteiger charge is 2.22. The van der Waals surface area contributed by atoms with E-state index in [1.807, 2.05) is 6.92 Å². The van der Waals surface area contributed by atoms with Gasteiger partial charge in [0.25, 0.3) is 5.91 Å². The van der Waals surface area contributed by atoms with Crippen molar-refractivity contribution in [2.24, 2.45) is 0 Å². The average molecular weight is 365 g/mol. The zero-order chi connectivity index (χ0) is 18.7. The summed E-state index contributed by atoms with van der Waals surface area (Å²) in [5, 5.41) is 6.82. The molecule has 1 aromatic heterocycles. The van der Waals surface area contributed by atoms with E-state index in [0.29, 0.717) is 12.1 Å². The molecule has 1 aromatic carbocycles. The van der Waals surface area contributed by atoms with E-state index in [4.69, 9.17) is 0 Å². The fourth-order valence-corrected chi connectivity index (χ4v) is 3.63. The molecule has 25 heavy (non-hydrogen) atoms. The topological polar surface area (TPSA) is 106 Å². The molecule has 1 amide bonds. The summed E-state index contributed by atoms with van der Waals surface area (Å²) in [6, 6.07) is 5.68. The molecule has 0 aliphatic rings. The fourth-order valence-electron chi connectivity index (χ4n) is 2.21. The summed E-state index contributed by atoms with van der Waals surface area (Å²) in [6.07, 6.45) is 3.00. The van der Waals surface area contributed by atoms with Crippen molar-refractivity contribution in [1.29, 1.82) is 0 Å². The molecule has 0 fully saturated rings. The molecule has 0 radical (unpaired) electrons. The Hall–Kier alpha value is -2.26. The maximum atomic E-state index is 12.3. The van der Waals surface area contributed by atoms with Crippen molar-refractivity contribution in [2.45, 2.75) is 50.7 Å². The van der Waals surface area contributed by atoms with Gasteiger partial charge in [-0.05, 0) is 52.0 Å². The normalized spacial score (nSPS) is 13.4. The van der Waals surface area contributed by atoms with Gasteiger partial charge in [-0.3, -0.25) is 9.48 Å². The molecule has 136 valence electrons. The summed E-state index contributed by atoms with van der Waals surface area (Å²) in [5.41, 5.74) is -0.189. The van der Waals surface area contributed by atoms with Gasteiger partial charge in [0.1, 0.15) is 12.7 Å². The highest BCUT2D eigenvalue weighted by molar-refractivity contribution is 7.89. The van der Waals surface area contributed by atoms with Gasteiger partial charge >= 0.3 is 0 Å². The van der Waals surface area contributed by atoms with E-state index in [2.05, 4.69) is 20.1 Å². The van der Waals surface area contributed by atoms with Gasteiger partial charge < -0.3 is 5.32 Å². The van der Waals surface area contributed by atoms with Crippen LogP contribution in [0.4, 0.5) is 0 Å². The lowest BCUT2D eigenvalue weighted by molar-refractivity contribution is 0.0936. The Bertz CT molecular complexity index is 808. The summed E-state index contributed by atoms with van der Waals surface area (Å²) >= 11 is 0. The second-order valence-electron chi connectivity index (χ2n) is 6.87. The molecule has 1 unspecified atom stereocenters. The predicted octanol–water partition coefficient (Wildman–Crippen LogP) is 1.17. The van der Waals surface area contributed by atoms with Crippen LogP contribution in [0.1, 0.15) is 38.1 Å². The summed E-state index contributed by atoms with van der Waals surface area (Å²) in [6.45, 7) is 7.65. The Labute approximate surface area is 147 Å². The number of rotatable bonds is 6. The Morgan fingerprint density at radius 1 is 1.24 bits per heavy atom. The van der Waals surface area contributed by atoms with Crippen LogP contribution in [-0.2, 0) is 16.6 Å². The van der Waals surface area contributed by atoms with Crippen molar-refractivity contribution in [3.8, 4) is 0 Å². The maximum absolute atomic E-state index is 12.3. The van der Waals surface area contributed by atoms with Crippen molar-refractivity contribution in [3.63, 3.8) is 0 Å². The van der Waals surface area contributed by atoms with Gasteiger partial charge in [0, 0.05) is 17.1 Å². The fraction of sp³-hybridized carbons (Fsp3) is 0.438. The summed E-state index contributed by atoms with van der Waals surface area (Å²) < 4.78 is 28.7. The van der Waals surface area contributed by atoms with E-state index in [0.717, 1.165) is 0 Å². The van der Waals surface area contributed by atoms with E-state index < -0.39 is 15.6 Å². The molecule has 0 saturated heterocycles. The van der Waals surface area contributed by atoms with Gasteiger partial charge in [0.05, 0.1) is 11.4 Å². The minimum absolute atomic E-state index is 0.120. The van der Waals surface area contributed by atoms with Gasteiger partial charge in [0.15, 0.2) is 0 Å². The molecule has 1 heterocycles. The van der Waals surface area contributed by atoms with E-state index in [9.17, 15) is 13.2 Å². The molecule has 0 aliphatic heterocycles. The van der Waals surface area contributed by atoms with Gasteiger partial charge in [0.2, 0.25) is 10.0 Å². The van der Waals surface area contributed by atoms with Crippen molar-refractivity contribution >= 4 is 15.9 Å². The van der Waals surface area contributed by atoms with Gasteiger partial charge in [-0.25, -0.2) is 18.1 Å². The molecule has 8 nitrogen and oxygen atoms in total. The van der Waals surface area contributed by atoms with Crippen molar-refractivity contribution in [2.75, 3.05) is 0 Å². The molecular formula is C16H23N5O3S. The minimum Gasteiger partial charge on any atom is -0.348 e. The van der Waals surface area contributed by atoms with Crippen molar-refractivity contribution in [1.82, 2.24) is 24.8 Å². The molecule has 0 bridgehead atoms. The third kappa shape index (κ3) is 5.64. The molecular weight excluding hydrogens is 342 g/mol. The number of carbonyl (C=O) groups excluding carboxylic acids is 1. The van der Waals surface area contributed by atoms with E-state index in [-0.39, 0.29) is 16.8 Å². The number of amides is 1. The average Bonchev–Trinajstić information content (AvgIpc) is 2.97. The molecule has 0 aliphatic carbocycles. The van der Waals surface area contributed by atoms with Crippen molar-refractivity contribution in [3.05, 3.63) is 42.5 Å². The Balaban J connectivity index is 2.02. The van der Waals surface area contributed by atoms with Crippen LogP contribution in [0.25, 0.3) is 0 Å². The number of carbonyl (C=O) groups is 1. The smallest absolute Gasteiger partial charge is 0.251 e. The molecule has 0 spiro atoms. The lowest BCUT2D eigenvalue weighted by Gasteiger charge is -2.20. The minimum atomic E-state index is -3.62. The second kappa shape index (κ2) is 7.32. The van der Waals surface area contributed by atoms with Crippen LogP contribution in [0.3, 0.4) is 0 Å². The number of hydrogen-bond donors (Lipinski definition) is 2. The highest BCUT2D eigenvalue weighted by atomic mass is 32.2. The van der Waals surface area contributed by atoms with E-state index in [1.165, 1.54) is 30.6 Å². The van der Waals surface area contributed by atoms with Crippen molar-refractivity contribution < 1.29 is 13.2 Å². The van der Waals surface area contributed by atoms with Crippen LogP contribution in [0.2, 0.25) is 0 Å². The summed E-state index contributed by atoms with van der Waals surface area (Å²) in [7, 11) is -3.62. The number of aromatic nitrogens is 3. The van der Waals surface area contributed by atoms with Crippen LogP contribution in [-0.4, -0.2) is 40.7 Å². The van der Waals surface area contributed by atoms with Gasteiger partial charge in [-0.2, -0.15) is 5.10 Å². The summed E-state index contributed by atoms with van der Waals surface area (Å²) in [5.74, 6) is -0.277. The molecule has 9 heteroatoms. The second-order valence-corrected chi connectivity index (χ2v) is 8.55. The molecule has 0 saturated carbocycles. The van der Waals surface area contributed by atoms with Crippen LogP contribution >= 0.6 is 0 Å². The lowest BCUT2D eigenvalue weighted by atomic mass is 10.1. The quantitative estimate of drug-likeness (QED) is 0.799. The Morgan fingerprint density at radius 3 is 2.40 bits per heavy atom. The predicted molar refractivity (Wildman–Crippen MR) is 93.5 cm³/mol. The van der Waals surface area contributed by atoms with E-state index >= 15 is 0 Å². The SMILES string of the molecule is CC(Cn1cncn1)NC(=O)c1ccc(S(=O)(=O)NC(C)(C)C)cc1. The number of nitrogens with zero attached hydrogens (tertiary/aromatic N) is 3. The Morgan fingerprint density at radius 2 is 1.88 bits per heavy atom. The number of benzene rings is 1. The zero-order valence-electron chi connectivity index (χ0n) is 14.7. The van der Waals surface area contributed by atoms with Crippen LogP contribution in [0, 0.1) is 0 Å². The molecule has 1 atom stereocenters. The standard InChI is InChI=1S/C16H23N5O3S/c1-12(9-21-11-17-10-18-21)19-15(22)13-5-7-14(8-6-13)25(23,24)20-16(2,3)4/h5-8,10-12,20H,9H2,1-4H3,(H,19,22). The first kappa shape index (κ1) is 19.1.